The van der Waals surface area contributed by atoms with Gasteiger partial charge in [0.2, 0.25) is 0 Å². The molecule has 9 heteroatoms. The minimum atomic E-state index is -1.94. The molecule has 1 N–H and O–H groups in total. The lowest BCUT2D eigenvalue weighted by Gasteiger charge is -2.35. The highest BCUT2D eigenvalue weighted by Crippen LogP contribution is 2.44. The maximum atomic E-state index is 16.0. The number of anilines is 1. The van der Waals surface area contributed by atoms with Gasteiger partial charge in [0, 0.05) is 12.3 Å². The lowest BCUT2D eigenvalue weighted by atomic mass is 9.70. The van der Waals surface area contributed by atoms with Crippen LogP contribution in [0.3, 0.4) is 0 Å². The Morgan fingerprint density at radius 1 is 0.974 bits per heavy atom. The summed E-state index contributed by atoms with van der Waals surface area (Å²) in [5, 5.41) is 9.71. The van der Waals surface area contributed by atoms with Crippen LogP contribution in [0.1, 0.15) is 78.0 Å². The van der Waals surface area contributed by atoms with Gasteiger partial charge < -0.3 is 14.6 Å². The van der Waals surface area contributed by atoms with E-state index in [9.17, 15) is 19.5 Å². The number of halogens is 1. The average molecular weight is 539 g/mol. The van der Waals surface area contributed by atoms with Gasteiger partial charge in [-0.05, 0) is 78.0 Å². The number of carboxylic acid groups (broad SMARTS) is 1. The third-order valence-electron chi connectivity index (χ3n) is 5.96. The fourth-order valence-corrected chi connectivity index (χ4v) is 4.31. The van der Waals surface area contributed by atoms with Crippen LogP contribution in [0.15, 0.2) is 48.5 Å². The smallest absolute Gasteiger partial charge is 0.425 e. The zero-order chi connectivity index (χ0) is 29.0. The molecular formula is C30H35FN2O6. The Kier molecular flexibility index (Phi) is 8.69. The summed E-state index contributed by atoms with van der Waals surface area (Å²) in [7, 11) is 0. The van der Waals surface area contributed by atoms with Crippen LogP contribution < -0.4 is 4.90 Å². The Morgan fingerprint density at radius 2 is 1.56 bits per heavy atom. The van der Waals surface area contributed by atoms with Gasteiger partial charge in [-0.2, -0.15) is 4.90 Å². The average Bonchev–Trinajstić information content (AvgIpc) is 2.81. The minimum absolute atomic E-state index is 0.0397. The Hall–Kier alpha value is -3.93. The molecule has 1 aliphatic carbocycles. The molecule has 1 saturated carbocycles. The Bertz CT molecular complexity index is 1240. The number of nitrogens with zero attached hydrogens (tertiary/aromatic N) is 2. The molecule has 1 fully saturated rings. The van der Waals surface area contributed by atoms with Crippen molar-refractivity contribution in [1.29, 1.82) is 0 Å². The molecule has 1 aromatic heterocycles. The fourth-order valence-electron chi connectivity index (χ4n) is 4.31. The molecule has 0 bridgehead atoms. The minimum Gasteiger partial charge on any atom is -0.481 e. The first-order valence-corrected chi connectivity index (χ1v) is 12.8. The number of pyridine rings is 1. The van der Waals surface area contributed by atoms with E-state index in [1.807, 2.05) is 6.07 Å². The summed E-state index contributed by atoms with van der Waals surface area (Å²) < 4.78 is 26.7. The van der Waals surface area contributed by atoms with Crippen LogP contribution in [0.5, 0.6) is 0 Å². The molecule has 0 spiro atoms. The van der Waals surface area contributed by atoms with E-state index in [1.54, 1.807) is 65.8 Å². The molecule has 0 aliphatic heterocycles. The highest BCUT2D eigenvalue weighted by molar-refractivity contribution is 6.08. The summed E-state index contributed by atoms with van der Waals surface area (Å²) in [6, 6.07) is 13.5. The number of aliphatic carboxylic acids is 1. The van der Waals surface area contributed by atoms with Gasteiger partial charge in [0.25, 0.3) is 0 Å². The van der Waals surface area contributed by atoms with Crippen molar-refractivity contribution in [3.63, 3.8) is 0 Å². The van der Waals surface area contributed by atoms with Crippen molar-refractivity contribution < 1.29 is 33.4 Å². The number of carbonyl (C=O) groups excluding carboxylic acids is 2. The van der Waals surface area contributed by atoms with E-state index in [-0.39, 0.29) is 30.8 Å². The molecule has 8 nitrogen and oxygen atoms in total. The molecule has 208 valence electrons. The second-order valence-corrected chi connectivity index (χ2v) is 11.6. The number of imide groups is 1. The third kappa shape index (κ3) is 8.28. The van der Waals surface area contributed by atoms with Gasteiger partial charge in [0.15, 0.2) is 5.67 Å². The SMILES string of the molecule is CC(C)(C)OC(=O)N(C(=O)OC(C)(C)C)c1cccc(C#CC2(F)CC[C@@H](C(=O)O)[C@H](c3ccccc3)C2)n1. The normalized spacial score (nSPS) is 21.2. The third-order valence-corrected chi connectivity index (χ3v) is 5.96. The molecule has 39 heavy (non-hydrogen) atoms. The predicted molar refractivity (Wildman–Crippen MR) is 144 cm³/mol. The summed E-state index contributed by atoms with van der Waals surface area (Å²) in [5.41, 5.74) is -2.85. The van der Waals surface area contributed by atoms with Gasteiger partial charge in [0.05, 0.1) is 5.92 Å². The maximum absolute atomic E-state index is 16.0. The van der Waals surface area contributed by atoms with E-state index in [2.05, 4.69) is 16.8 Å². The number of hydrogen-bond acceptors (Lipinski definition) is 6. The van der Waals surface area contributed by atoms with Crippen LogP contribution in [-0.2, 0) is 14.3 Å². The van der Waals surface area contributed by atoms with Crippen LogP contribution in [0.25, 0.3) is 0 Å². The number of hydrogen-bond donors (Lipinski definition) is 1. The molecule has 2 aromatic rings. The lowest BCUT2D eigenvalue weighted by Crippen LogP contribution is -2.44. The van der Waals surface area contributed by atoms with Gasteiger partial charge in [-0.25, -0.2) is 19.0 Å². The lowest BCUT2D eigenvalue weighted by molar-refractivity contribution is -0.144. The van der Waals surface area contributed by atoms with Crippen LogP contribution in [0, 0.1) is 17.8 Å². The number of aromatic nitrogens is 1. The van der Waals surface area contributed by atoms with Gasteiger partial charge >= 0.3 is 18.2 Å². The fraction of sp³-hybridized carbons (Fsp3) is 0.467. The molecular weight excluding hydrogens is 503 g/mol. The Balaban J connectivity index is 1.92. The van der Waals surface area contributed by atoms with Gasteiger partial charge in [-0.15, -0.1) is 0 Å². The Morgan fingerprint density at radius 3 is 2.10 bits per heavy atom. The summed E-state index contributed by atoms with van der Waals surface area (Å²) in [6.45, 7) is 9.98. The van der Waals surface area contributed by atoms with E-state index in [0.717, 1.165) is 5.56 Å². The van der Waals surface area contributed by atoms with Crippen molar-refractivity contribution in [2.24, 2.45) is 5.92 Å². The number of carboxylic acids is 1. The van der Waals surface area contributed by atoms with Gasteiger partial charge in [-0.3, -0.25) is 4.79 Å². The number of benzene rings is 1. The number of amides is 2. The topological polar surface area (TPSA) is 106 Å². The molecule has 1 unspecified atom stereocenters. The second-order valence-electron chi connectivity index (χ2n) is 11.6. The molecule has 1 heterocycles. The zero-order valence-corrected chi connectivity index (χ0v) is 23.2. The number of alkyl halides is 1. The number of rotatable bonds is 3. The first kappa shape index (κ1) is 29.6. The predicted octanol–water partition coefficient (Wildman–Crippen LogP) is 6.49. The summed E-state index contributed by atoms with van der Waals surface area (Å²) >= 11 is 0. The summed E-state index contributed by atoms with van der Waals surface area (Å²) in [6.07, 6.45) is -1.94. The van der Waals surface area contributed by atoms with Crippen molar-refractivity contribution in [2.75, 3.05) is 4.90 Å². The first-order chi connectivity index (χ1) is 18.1. The van der Waals surface area contributed by atoms with E-state index in [1.165, 1.54) is 18.2 Å². The number of ether oxygens (including phenoxy) is 2. The highest BCUT2D eigenvalue weighted by atomic mass is 19.1. The van der Waals surface area contributed by atoms with Crippen molar-refractivity contribution in [3.05, 3.63) is 59.8 Å². The zero-order valence-electron chi connectivity index (χ0n) is 23.2. The quantitative estimate of drug-likeness (QED) is 0.446. The van der Waals surface area contributed by atoms with E-state index >= 15 is 4.39 Å². The Labute approximate surface area is 228 Å². The molecule has 0 radical (unpaired) electrons. The largest absolute Gasteiger partial charge is 0.481 e. The maximum Gasteiger partial charge on any atom is 0.425 e. The van der Waals surface area contributed by atoms with E-state index in [0.29, 0.717) is 4.90 Å². The first-order valence-electron chi connectivity index (χ1n) is 12.8. The molecule has 1 aromatic carbocycles. The second kappa shape index (κ2) is 11.4. The van der Waals surface area contributed by atoms with E-state index in [4.69, 9.17) is 9.47 Å². The van der Waals surface area contributed by atoms with Crippen LogP contribution in [0.2, 0.25) is 0 Å². The molecule has 3 atom stereocenters. The van der Waals surface area contributed by atoms with Crippen LogP contribution in [-0.4, -0.2) is 45.1 Å². The van der Waals surface area contributed by atoms with Crippen molar-refractivity contribution >= 4 is 24.0 Å². The summed E-state index contributed by atoms with van der Waals surface area (Å²) in [4.78, 5) is 42.7. The standard InChI is InChI=1S/C30H35FN2O6/c1-28(2,3)38-26(36)33(27(37)39-29(4,5)6)24-14-10-13-21(32-24)15-17-30(31)18-16-22(25(34)35)23(19-30)20-11-8-7-9-12-20/h7-14,22-23H,16,18-19H2,1-6H3,(H,34,35)/t22-,23+,30?/m1/s1. The highest BCUT2D eigenvalue weighted by Gasteiger charge is 2.43. The van der Waals surface area contributed by atoms with Crippen molar-refractivity contribution in [2.45, 2.75) is 83.6 Å². The molecule has 0 saturated heterocycles. The molecule has 3 rings (SSSR count). The van der Waals surface area contributed by atoms with Crippen LogP contribution >= 0.6 is 0 Å². The molecule has 2 amide bonds. The van der Waals surface area contributed by atoms with Crippen LogP contribution in [0.4, 0.5) is 19.8 Å². The number of carbonyl (C=O) groups is 3. The molecule has 1 aliphatic rings. The van der Waals surface area contributed by atoms with Gasteiger partial charge in [0.1, 0.15) is 22.7 Å². The van der Waals surface area contributed by atoms with Crippen molar-refractivity contribution in [1.82, 2.24) is 4.98 Å². The van der Waals surface area contributed by atoms with Gasteiger partial charge in [-0.1, -0.05) is 42.3 Å². The van der Waals surface area contributed by atoms with Crippen molar-refractivity contribution in [3.8, 4) is 11.8 Å². The monoisotopic (exact) mass is 538 g/mol. The summed E-state index contributed by atoms with van der Waals surface area (Å²) in [5.74, 6) is 3.08. The van der Waals surface area contributed by atoms with E-state index < -0.39 is 46.9 Å².